The highest BCUT2D eigenvalue weighted by Gasteiger charge is 2.22. The predicted molar refractivity (Wildman–Crippen MR) is 107 cm³/mol. The summed E-state index contributed by atoms with van der Waals surface area (Å²) >= 11 is 7.37. The largest absolute Gasteiger partial charge is 0.455 e. The molecule has 1 aliphatic heterocycles. The number of esters is 1. The van der Waals surface area contributed by atoms with E-state index in [0.717, 1.165) is 16.2 Å². The predicted octanol–water partition coefficient (Wildman–Crippen LogP) is 4.00. The van der Waals surface area contributed by atoms with Gasteiger partial charge in [0.2, 0.25) is 0 Å². The highest BCUT2D eigenvalue weighted by molar-refractivity contribution is 7.99. The van der Waals surface area contributed by atoms with Crippen molar-refractivity contribution < 1.29 is 14.3 Å². The van der Waals surface area contributed by atoms with Gasteiger partial charge in [-0.15, -0.1) is 11.8 Å². The maximum Gasteiger partial charge on any atom is 0.307 e. The molecule has 27 heavy (non-hydrogen) atoms. The lowest BCUT2D eigenvalue weighted by Crippen LogP contribution is -2.28. The van der Waals surface area contributed by atoms with E-state index in [1.807, 2.05) is 42.5 Å². The Morgan fingerprint density at radius 1 is 1.11 bits per heavy atom. The van der Waals surface area contributed by atoms with Crippen LogP contribution in [0, 0.1) is 0 Å². The molecule has 0 spiro atoms. The van der Waals surface area contributed by atoms with Crippen LogP contribution in [0.15, 0.2) is 64.6 Å². The fourth-order valence-electron chi connectivity index (χ4n) is 2.54. The summed E-state index contributed by atoms with van der Waals surface area (Å²) in [5.74, 6) is -0.120. The first-order valence-corrected chi connectivity index (χ1v) is 9.95. The van der Waals surface area contributed by atoms with E-state index in [2.05, 4.69) is 5.10 Å². The third-order valence-corrected chi connectivity index (χ3v) is 5.21. The zero-order chi connectivity index (χ0) is 19.1. The summed E-state index contributed by atoms with van der Waals surface area (Å²) in [6, 6.07) is 17.2. The molecule has 0 aliphatic carbocycles. The first kappa shape index (κ1) is 19.5. The number of benzene rings is 2. The second-order valence-electron chi connectivity index (χ2n) is 5.89. The normalized spacial score (nSPS) is 13.4. The fourth-order valence-corrected chi connectivity index (χ4v) is 3.50. The smallest absolute Gasteiger partial charge is 0.307 e. The zero-order valence-electron chi connectivity index (χ0n) is 14.6. The minimum Gasteiger partial charge on any atom is -0.455 e. The molecule has 0 N–H and O–H groups in total. The van der Waals surface area contributed by atoms with E-state index in [0.29, 0.717) is 23.7 Å². The van der Waals surface area contributed by atoms with Gasteiger partial charge in [-0.25, -0.2) is 5.01 Å². The van der Waals surface area contributed by atoms with E-state index < -0.39 is 5.97 Å². The summed E-state index contributed by atoms with van der Waals surface area (Å²) in [4.78, 5) is 25.0. The summed E-state index contributed by atoms with van der Waals surface area (Å²) in [7, 11) is 0. The van der Waals surface area contributed by atoms with Crippen LogP contribution in [0.4, 0.5) is 0 Å². The minimum absolute atomic E-state index is 0.235. The van der Waals surface area contributed by atoms with E-state index >= 15 is 0 Å². The maximum absolute atomic E-state index is 12.2. The molecule has 1 amide bonds. The maximum atomic E-state index is 12.2. The molecular weight excluding hydrogens is 384 g/mol. The second-order valence-corrected chi connectivity index (χ2v) is 7.50. The van der Waals surface area contributed by atoms with Crippen molar-refractivity contribution in [1.82, 2.24) is 5.01 Å². The van der Waals surface area contributed by atoms with Gasteiger partial charge in [-0.2, -0.15) is 5.10 Å². The number of nitrogens with zero attached hydrogens (tertiary/aromatic N) is 2. The number of carbonyl (C=O) groups is 2. The molecule has 5 nitrogen and oxygen atoms in total. The lowest BCUT2D eigenvalue weighted by atomic mass is 10.1. The molecule has 7 heteroatoms. The third kappa shape index (κ3) is 5.84. The average molecular weight is 403 g/mol. The van der Waals surface area contributed by atoms with Crippen LogP contribution in [0.2, 0.25) is 5.02 Å². The first-order valence-electron chi connectivity index (χ1n) is 8.59. The lowest BCUT2D eigenvalue weighted by molar-refractivity contribution is -0.151. The van der Waals surface area contributed by atoms with Crippen molar-refractivity contribution in [3.8, 4) is 0 Å². The van der Waals surface area contributed by atoms with E-state index in [-0.39, 0.29) is 18.9 Å². The van der Waals surface area contributed by atoms with Crippen LogP contribution >= 0.6 is 23.4 Å². The zero-order valence-corrected chi connectivity index (χ0v) is 16.2. The van der Waals surface area contributed by atoms with Crippen LogP contribution in [-0.2, 0) is 14.3 Å². The van der Waals surface area contributed by atoms with Crippen molar-refractivity contribution in [2.24, 2.45) is 5.10 Å². The van der Waals surface area contributed by atoms with E-state index in [9.17, 15) is 9.59 Å². The molecular formula is C20H19ClN2O3S. The number of hydrogen-bond donors (Lipinski definition) is 0. The van der Waals surface area contributed by atoms with Crippen molar-refractivity contribution in [3.63, 3.8) is 0 Å². The Morgan fingerprint density at radius 3 is 2.59 bits per heavy atom. The summed E-state index contributed by atoms with van der Waals surface area (Å²) < 4.78 is 5.08. The molecule has 0 atom stereocenters. The van der Waals surface area contributed by atoms with Gasteiger partial charge >= 0.3 is 5.97 Å². The molecule has 0 radical (unpaired) electrons. The number of hydrogen-bond acceptors (Lipinski definition) is 5. The van der Waals surface area contributed by atoms with E-state index in [1.54, 1.807) is 12.1 Å². The van der Waals surface area contributed by atoms with Gasteiger partial charge in [-0.1, -0.05) is 41.9 Å². The van der Waals surface area contributed by atoms with Gasteiger partial charge < -0.3 is 4.74 Å². The summed E-state index contributed by atoms with van der Waals surface area (Å²) in [6.07, 6.45) is 0.931. The Kier molecular flexibility index (Phi) is 6.90. The van der Waals surface area contributed by atoms with Crippen molar-refractivity contribution in [2.45, 2.75) is 17.7 Å². The van der Waals surface area contributed by atoms with Crippen molar-refractivity contribution in [2.75, 3.05) is 18.9 Å². The van der Waals surface area contributed by atoms with Crippen molar-refractivity contribution in [1.29, 1.82) is 0 Å². The van der Waals surface area contributed by atoms with Crippen LogP contribution in [0.1, 0.15) is 18.4 Å². The van der Waals surface area contributed by atoms with Crippen LogP contribution in [-0.4, -0.2) is 41.5 Å². The van der Waals surface area contributed by atoms with Gasteiger partial charge in [0.1, 0.15) is 0 Å². The van der Waals surface area contributed by atoms with Gasteiger partial charge in [0.05, 0.1) is 18.7 Å². The van der Waals surface area contributed by atoms with Gasteiger partial charge in [-0.3, -0.25) is 9.59 Å². The van der Waals surface area contributed by atoms with Gasteiger partial charge in [-0.05, 0) is 29.8 Å². The topological polar surface area (TPSA) is 59.0 Å². The number of thioether (sulfide) groups is 1. The molecule has 0 saturated carbocycles. The number of hydrazone groups is 1. The molecule has 2 aromatic rings. The monoisotopic (exact) mass is 402 g/mol. The van der Waals surface area contributed by atoms with Crippen LogP contribution in [0.25, 0.3) is 0 Å². The molecule has 0 unspecified atom stereocenters. The number of rotatable bonds is 7. The molecule has 0 saturated heterocycles. The van der Waals surface area contributed by atoms with Gasteiger partial charge in [0, 0.05) is 22.1 Å². The Balaban J connectivity index is 1.39. The van der Waals surface area contributed by atoms with Crippen molar-refractivity contribution >= 4 is 41.0 Å². The molecule has 0 aromatic heterocycles. The van der Waals surface area contributed by atoms with E-state index in [1.165, 1.54) is 16.8 Å². The quantitative estimate of drug-likeness (QED) is 0.518. The van der Waals surface area contributed by atoms with Crippen LogP contribution in [0.5, 0.6) is 0 Å². The average Bonchev–Trinajstić information content (AvgIpc) is 3.19. The van der Waals surface area contributed by atoms with Gasteiger partial charge in [0.15, 0.2) is 6.61 Å². The van der Waals surface area contributed by atoms with E-state index in [4.69, 9.17) is 16.3 Å². The molecule has 1 heterocycles. The SMILES string of the molecule is O=C(CCSc1ccc(Cl)cc1)OCC(=O)N1CCC(c2ccccc2)=N1. The Labute approximate surface area is 167 Å². The number of carbonyl (C=O) groups excluding carboxylic acids is 2. The Morgan fingerprint density at radius 2 is 1.85 bits per heavy atom. The Bertz CT molecular complexity index is 825. The minimum atomic E-state index is -0.392. The van der Waals surface area contributed by atoms with Gasteiger partial charge in [0.25, 0.3) is 5.91 Å². The molecule has 0 bridgehead atoms. The molecule has 1 aliphatic rings. The number of amides is 1. The molecule has 3 rings (SSSR count). The lowest BCUT2D eigenvalue weighted by Gasteiger charge is -2.11. The first-order chi connectivity index (χ1) is 13.1. The third-order valence-electron chi connectivity index (χ3n) is 3.94. The van der Waals surface area contributed by atoms with Crippen molar-refractivity contribution in [3.05, 3.63) is 65.2 Å². The summed E-state index contributed by atoms with van der Waals surface area (Å²) in [5.41, 5.74) is 1.87. The molecule has 0 fully saturated rings. The number of ether oxygens (including phenoxy) is 1. The van der Waals surface area contributed by atoms with Crippen LogP contribution < -0.4 is 0 Å². The second kappa shape index (κ2) is 9.58. The summed E-state index contributed by atoms with van der Waals surface area (Å²) in [6.45, 7) is 0.225. The van der Waals surface area contributed by atoms with Crippen LogP contribution in [0.3, 0.4) is 0 Å². The molecule has 2 aromatic carbocycles. The number of halogens is 1. The highest BCUT2D eigenvalue weighted by atomic mass is 35.5. The standard InChI is InChI=1S/C20H19ClN2O3S/c21-16-6-8-17(9-7-16)27-13-11-20(25)26-14-19(24)23-12-10-18(22-23)15-4-2-1-3-5-15/h1-9H,10-14H2. The summed E-state index contributed by atoms with van der Waals surface area (Å²) in [5, 5.41) is 6.39. The molecule has 140 valence electrons. The fraction of sp³-hybridized carbons (Fsp3) is 0.250. The Hall–Kier alpha value is -2.31. The highest BCUT2D eigenvalue weighted by Crippen LogP contribution is 2.21.